The quantitative estimate of drug-likeness (QED) is 0.713. The minimum Gasteiger partial charge on any atom is -0.276 e. The van der Waals surface area contributed by atoms with Gasteiger partial charge in [0, 0.05) is 5.39 Å². The number of nitriles is 1. The minimum absolute atomic E-state index is 0.470. The van der Waals surface area contributed by atoms with Crippen molar-refractivity contribution < 1.29 is 0 Å². The van der Waals surface area contributed by atoms with E-state index in [2.05, 4.69) is 17.1 Å². The number of aromatic nitrogens is 2. The Hall–Kier alpha value is -1.82. The van der Waals surface area contributed by atoms with Crippen molar-refractivity contribution in [2.24, 2.45) is 0 Å². The maximum absolute atomic E-state index is 8.72. The van der Waals surface area contributed by atoms with Gasteiger partial charge in [0.15, 0.2) is 5.69 Å². The molecule has 1 heterocycles. The number of fused-ring (bicyclic) bond motifs is 1. The average molecular weight is 171 g/mol. The first-order chi connectivity index (χ1) is 6.35. The number of nitrogens with zero attached hydrogens (tertiary/aromatic N) is 2. The van der Waals surface area contributed by atoms with Gasteiger partial charge in [-0.1, -0.05) is 13.0 Å². The molecule has 2 rings (SSSR count). The van der Waals surface area contributed by atoms with Crippen LogP contribution in [-0.4, -0.2) is 10.2 Å². The Morgan fingerprint density at radius 1 is 1.54 bits per heavy atom. The second-order valence-corrected chi connectivity index (χ2v) is 2.92. The van der Waals surface area contributed by atoms with E-state index in [1.54, 1.807) is 0 Å². The van der Waals surface area contributed by atoms with Crippen LogP contribution in [0.3, 0.4) is 0 Å². The van der Waals surface area contributed by atoms with Crippen molar-refractivity contribution in [1.29, 1.82) is 5.26 Å². The smallest absolute Gasteiger partial charge is 0.170 e. The molecule has 1 aromatic carbocycles. The van der Waals surface area contributed by atoms with Crippen LogP contribution in [0.2, 0.25) is 0 Å². The van der Waals surface area contributed by atoms with E-state index in [-0.39, 0.29) is 0 Å². The fraction of sp³-hybridized carbons (Fsp3) is 0.200. The van der Waals surface area contributed by atoms with Gasteiger partial charge in [-0.3, -0.25) is 5.10 Å². The Kier molecular flexibility index (Phi) is 1.75. The van der Waals surface area contributed by atoms with Crippen LogP contribution < -0.4 is 0 Å². The van der Waals surface area contributed by atoms with Crippen LogP contribution in [0.25, 0.3) is 10.9 Å². The molecular weight excluding hydrogens is 162 g/mol. The van der Waals surface area contributed by atoms with E-state index in [1.165, 1.54) is 5.56 Å². The molecule has 0 radical (unpaired) electrons. The Labute approximate surface area is 76.0 Å². The van der Waals surface area contributed by atoms with Gasteiger partial charge in [-0.25, -0.2) is 0 Å². The van der Waals surface area contributed by atoms with E-state index in [4.69, 9.17) is 5.26 Å². The molecular formula is C10H9N3. The first-order valence-corrected chi connectivity index (χ1v) is 4.22. The van der Waals surface area contributed by atoms with Gasteiger partial charge in [-0.15, -0.1) is 0 Å². The SMILES string of the molecule is CCc1ccc2c(C#N)n[nH]c2c1. The molecule has 0 saturated heterocycles. The van der Waals surface area contributed by atoms with Crippen LogP contribution >= 0.6 is 0 Å². The van der Waals surface area contributed by atoms with E-state index < -0.39 is 0 Å². The van der Waals surface area contributed by atoms with Crippen LogP contribution in [0.4, 0.5) is 0 Å². The highest BCUT2D eigenvalue weighted by atomic mass is 15.1. The van der Waals surface area contributed by atoms with Gasteiger partial charge in [0.1, 0.15) is 6.07 Å². The first-order valence-electron chi connectivity index (χ1n) is 4.22. The summed E-state index contributed by atoms with van der Waals surface area (Å²) in [4.78, 5) is 0. The summed E-state index contributed by atoms with van der Waals surface area (Å²) in [5, 5.41) is 16.4. The van der Waals surface area contributed by atoms with Gasteiger partial charge in [-0.05, 0) is 24.1 Å². The molecule has 0 aliphatic rings. The molecule has 0 amide bonds. The van der Waals surface area contributed by atoms with Crippen molar-refractivity contribution in [3.05, 3.63) is 29.5 Å². The van der Waals surface area contributed by atoms with Crippen molar-refractivity contribution in [3.63, 3.8) is 0 Å². The van der Waals surface area contributed by atoms with Crippen LogP contribution in [-0.2, 0) is 6.42 Å². The summed E-state index contributed by atoms with van der Waals surface area (Å²) >= 11 is 0. The number of nitrogens with one attached hydrogen (secondary N) is 1. The first kappa shape index (κ1) is 7.81. The fourth-order valence-corrected chi connectivity index (χ4v) is 1.37. The Morgan fingerprint density at radius 3 is 3.08 bits per heavy atom. The zero-order chi connectivity index (χ0) is 9.26. The van der Waals surface area contributed by atoms with Crippen LogP contribution in [0.15, 0.2) is 18.2 Å². The highest BCUT2D eigenvalue weighted by Crippen LogP contribution is 2.16. The topological polar surface area (TPSA) is 52.5 Å². The monoisotopic (exact) mass is 171 g/mol. The third kappa shape index (κ3) is 1.17. The molecule has 0 atom stereocenters. The van der Waals surface area contributed by atoms with Crippen molar-refractivity contribution in [2.75, 3.05) is 0 Å². The van der Waals surface area contributed by atoms with Crippen LogP contribution in [0.5, 0.6) is 0 Å². The molecule has 0 aliphatic heterocycles. The highest BCUT2D eigenvalue weighted by molar-refractivity contribution is 5.84. The summed E-state index contributed by atoms with van der Waals surface area (Å²) in [5.41, 5.74) is 2.66. The second-order valence-electron chi connectivity index (χ2n) is 2.92. The predicted molar refractivity (Wildman–Crippen MR) is 50.2 cm³/mol. The number of rotatable bonds is 1. The van der Waals surface area contributed by atoms with Gasteiger partial charge in [0.25, 0.3) is 0 Å². The van der Waals surface area contributed by atoms with Gasteiger partial charge in [0.05, 0.1) is 5.52 Å². The van der Waals surface area contributed by atoms with E-state index >= 15 is 0 Å². The molecule has 0 unspecified atom stereocenters. The highest BCUT2D eigenvalue weighted by Gasteiger charge is 2.03. The lowest BCUT2D eigenvalue weighted by Gasteiger charge is -1.94. The molecule has 1 aromatic heterocycles. The molecule has 2 aromatic rings. The van der Waals surface area contributed by atoms with Gasteiger partial charge in [-0.2, -0.15) is 10.4 Å². The number of benzene rings is 1. The Bertz CT molecular complexity index is 476. The number of hydrogen-bond acceptors (Lipinski definition) is 2. The molecule has 0 aliphatic carbocycles. The third-order valence-electron chi connectivity index (χ3n) is 2.14. The largest absolute Gasteiger partial charge is 0.276 e. The summed E-state index contributed by atoms with van der Waals surface area (Å²) in [6.07, 6.45) is 0.997. The summed E-state index contributed by atoms with van der Waals surface area (Å²) in [6.45, 7) is 2.10. The second kappa shape index (κ2) is 2.91. The van der Waals surface area contributed by atoms with Gasteiger partial charge in [0.2, 0.25) is 0 Å². The molecule has 0 saturated carbocycles. The molecule has 0 bridgehead atoms. The van der Waals surface area contributed by atoms with Gasteiger partial charge >= 0.3 is 0 Å². The third-order valence-corrected chi connectivity index (χ3v) is 2.14. The van der Waals surface area contributed by atoms with E-state index in [0.29, 0.717) is 5.69 Å². The maximum Gasteiger partial charge on any atom is 0.170 e. The van der Waals surface area contributed by atoms with Crippen LogP contribution in [0.1, 0.15) is 18.2 Å². The van der Waals surface area contributed by atoms with Crippen molar-refractivity contribution >= 4 is 10.9 Å². The summed E-state index contributed by atoms with van der Waals surface area (Å²) in [7, 11) is 0. The lowest BCUT2D eigenvalue weighted by atomic mass is 10.1. The Morgan fingerprint density at radius 2 is 2.38 bits per heavy atom. The molecule has 13 heavy (non-hydrogen) atoms. The molecule has 64 valence electrons. The average Bonchev–Trinajstić information content (AvgIpc) is 2.59. The molecule has 3 nitrogen and oxygen atoms in total. The number of H-pyrrole nitrogens is 1. The van der Waals surface area contributed by atoms with Crippen molar-refractivity contribution in [2.45, 2.75) is 13.3 Å². The van der Waals surface area contributed by atoms with Crippen molar-refractivity contribution in [1.82, 2.24) is 10.2 Å². The van der Waals surface area contributed by atoms with Crippen molar-refractivity contribution in [3.8, 4) is 6.07 Å². The normalized spacial score (nSPS) is 10.2. The maximum atomic E-state index is 8.72. The zero-order valence-electron chi connectivity index (χ0n) is 7.33. The van der Waals surface area contributed by atoms with E-state index in [1.807, 2.05) is 24.3 Å². The summed E-state index contributed by atoms with van der Waals surface area (Å²) in [6, 6.07) is 8.04. The fourth-order valence-electron chi connectivity index (χ4n) is 1.37. The van der Waals surface area contributed by atoms with E-state index in [9.17, 15) is 0 Å². The molecule has 0 spiro atoms. The lowest BCUT2D eigenvalue weighted by Crippen LogP contribution is -1.78. The zero-order valence-corrected chi connectivity index (χ0v) is 7.33. The van der Waals surface area contributed by atoms with E-state index in [0.717, 1.165) is 17.3 Å². The standard InChI is InChI=1S/C10H9N3/c1-2-7-3-4-8-9(5-7)12-13-10(8)6-11/h3-5H,2H2,1H3,(H,12,13). The molecule has 0 fully saturated rings. The molecule has 3 heteroatoms. The Balaban J connectivity index is 2.70. The minimum atomic E-state index is 0.470. The van der Waals surface area contributed by atoms with Gasteiger partial charge < -0.3 is 0 Å². The predicted octanol–water partition coefficient (Wildman–Crippen LogP) is 2.00. The molecule has 1 N–H and O–H groups in total. The number of hydrogen-bond donors (Lipinski definition) is 1. The summed E-state index contributed by atoms with van der Waals surface area (Å²) in [5.74, 6) is 0. The number of aromatic amines is 1. The van der Waals surface area contributed by atoms with Crippen LogP contribution in [0, 0.1) is 11.3 Å². The lowest BCUT2D eigenvalue weighted by molar-refractivity contribution is 1.09. The number of aryl methyl sites for hydroxylation is 1. The summed E-state index contributed by atoms with van der Waals surface area (Å²) < 4.78 is 0.